The van der Waals surface area contributed by atoms with Crippen LogP contribution in [0, 0.1) is 5.82 Å². The molecular weight excluding hydrogens is 273 g/mol. The van der Waals surface area contributed by atoms with E-state index in [-0.39, 0.29) is 11.6 Å². The van der Waals surface area contributed by atoms with Crippen LogP contribution in [-0.2, 0) is 4.79 Å². The van der Waals surface area contributed by atoms with Crippen LogP contribution in [0.25, 0.3) is 0 Å². The number of aliphatic hydroxyl groups is 1. The van der Waals surface area contributed by atoms with Crippen molar-refractivity contribution in [1.29, 1.82) is 0 Å². The molecule has 1 saturated heterocycles. The number of nitrogens with zero attached hydrogens (tertiary/aromatic N) is 1. The van der Waals surface area contributed by atoms with Gasteiger partial charge in [-0.25, -0.2) is 4.39 Å². The van der Waals surface area contributed by atoms with Crippen LogP contribution in [-0.4, -0.2) is 41.1 Å². The zero-order chi connectivity index (χ0) is 15.5. The molecule has 1 atom stereocenters. The summed E-state index contributed by atoms with van der Waals surface area (Å²) in [7, 11) is 0. The van der Waals surface area contributed by atoms with Crippen molar-refractivity contribution in [2.24, 2.45) is 0 Å². The van der Waals surface area contributed by atoms with Crippen LogP contribution in [0.5, 0.6) is 0 Å². The van der Waals surface area contributed by atoms with Gasteiger partial charge < -0.3 is 21.1 Å². The van der Waals surface area contributed by atoms with Gasteiger partial charge in [0.1, 0.15) is 5.82 Å². The van der Waals surface area contributed by atoms with Crippen molar-refractivity contribution in [3.05, 3.63) is 24.0 Å². The van der Waals surface area contributed by atoms with Crippen LogP contribution >= 0.6 is 0 Å². The molecule has 1 unspecified atom stereocenters. The van der Waals surface area contributed by atoms with Gasteiger partial charge in [0, 0.05) is 25.2 Å². The van der Waals surface area contributed by atoms with Gasteiger partial charge in [-0.1, -0.05) is 0 Å². The molecule has 1 fully saturated rings. The SMILES string of the molecule is CC1(O)CCN(CCCC(=O)Nc2ccc(F)c(N)c2)C1. The van der Waals surface area contributed by atoms with Crippen molar-refractivity contribution < 1.29 is 14.3 Å². The third-order valence-corrected chi connectivity index (χ3v) is 3.69. The van der Waals surface area contributed by atoms with E-state index in [1.165, 1.54) is 18.2 Å². The van der Waals surface area contributed by atoms with E-state index in [9.17, 15) is 14.3 Å². The molecule has 5 nitrogen and oxygen atoms in total. The average molecular weight is 295 g/mol. The summed E-state index contributed by atoms with van der Waals surface area (Å²) in [6.07, 6.45) is 1.88. The lowest BCUT2D eigenvalue weighted by atomic mass is 10.1. The first kappa shape index (κ1) is 15.7. The van der Waals surface area contributed by atoms with Crippen LogP contribution in [0.15, 0.2) is 18.2 Å². The second-order valence-corrected chi connectivity index (χ2v) is 5.91. The molecule has 1 aliphatic heterocycles. The Morgan fingerprint density at radius 2 is 2.33 bits per heavy atom. The van der Waals surface area contributed by atoms with Gasteiger partial charge in [0.15, 0.2) is 0 Å². The summed E-state index contributed by atoms with van der Waals surface area (Å²) in [5.74, 6) is -0.610. The summed E-state index contributed by atoms with van der Waals surface area (Å²) < 4.78 is 13.0. The number of carbonyl (C=O) groups excluding carboxylic acids is 1. The molecule has 0 bridgehead atoms. The normalized spacial score (nSPS) is 22.4. The first-order chi connectivity index (χ1) is 9.85. The first-order valence-electron chi connectivity index (χ1n) is 7.15. The minimum absolute atomic E-state index is 0.0205. The molecule has 1 aliphatic rings. The number of halogens is 1. The maximum Gasteiger partial charge on any atom is 0.224 e. The van der Waals surface area contributed by atoms with E-state index in [4.69, 9.17) is 5.73 Å². The quantitative estimate of drug-likeness (QED) is 0.721. The highest BCUT2D eigenvalue weighted by atomic mass is 19.1. The van der Waals surface area contributed by atoms with Crippen molar-refractivity contribution in [2.75, 3.05) is 30.7 Å². The fraction of sp³-hybridized carbons (Fsp3) is 0.533. The van der Waals surface area contributed by atoms with Crippen LogP contribution in [0.2, 0.25) is 0 Å². The van der Waals surface area contributed by atoms with Gasteiger partial charge in [0.25, 0.3) is 0 Å². The fourth-order valence-electron chi connectivity index (χ4n) is 2.54. The molecule has 0 aromatic heterocycles. The summed E-state index contributed by atoms with van der Waals surface area (Å²) in [5.41, 5.74) is 5.37. The van der Waals surface area contributed by atoms with Crippen LogP contribution in [0.1, 0.15) is 26.2 Å². The predicted octanol–water partition coefficient (Wildman–Crippen LogP) is 1.58. The summed E-state index contributed by atoms with van der Waals surface area (Å²) in [6, 6.07) is 4.13. The number of hydrogen-bond donors (Lipinski definition) is 3. The Morgan fingerprint density at radius 3 is 2.95 bits per heavy atom. The van der Waals surface area contributed by atoms with Gasteiger partial charge in [0.2, 0.25) is 5.91 Å². The number of nitrogens with two attached hydrogens (primary N) is 1. The Bertz CT molecular complexity index is 520. The Hall–Kier alpha value is -1.66. The minimum atomic E-state index is -0.603. The van der Waals surface area contributed by atoms with E-state index < -0.39 is 11.4 Å². The number of nitrogen functional groups attached to an aromatic ring is 1. The van der Waals surface area contributed by atoms with E-state index >= 15 is 0 Å². The topological polar surface area (TPSA) is 78.6 Å². The number of likely N-dealkylation sites (tertiary alicyclic amines) is 1. The summed E-state index contributed by atoms with van der Waals surface area (Å²) in [5, 5.41) is 12.6. The molecule has 1 aromatic rings. The largest absolute Gasteiger partial charge is 0.396 e. The van der Waals surface area contributed by atoms with Gasteiger partial charge in [-0.05, 0) is 44.5 Å². The molecule has 1 amide bonds. The van der Waals surface area contributed by atoms with Gasteiger partial charge in [-0.15, -0.1) is 0 Å². The van der Waals surface area contributed by atoms with Crippen LogP contribution in [0.3, 0.4) is 0 Å². The number of amides is 1. The molecule has 4 N–H and O–H groups in total. The monoisotopic (exact) mass is 295 g/mol. The summed E-state index contributed by atoms with van der Waals surface area (Å²) >= 11 is 0. The number of benzene rings is 1. The van der Waals surface area contributed by atoms with E-state index in [1.807, 2.05) is 6.92 Å². The highest BCUT2D eigenvalue weighted by molar-refractivity contribution is 5.91. The summed E-state index contributed by atoms with van der Waals surface area (Å²) in [6.45, 7) is 4.14. The Kier molecular flexibility index (Phi) is 4.80. The zero-order valence-corrected chi connectivity index (χ0v) is 12.2. The van der Waals surface area contributed by atoms with Gasteiger partial charge in [-0.2, -0.15) is 0 Å². The highest BCUT2D eigenvalue weighted by Crippen LogP contribution is 2.20. The van der Waals surface area contributed by atoms with Gasteiger partial charge >= 0.3 is 0 Å². The molecule has 1 aromatic carbocycles. The molecule has 21 heavy (non-hydrogen) atoms. The fourth-order valence-corrected chi connectivity index (χ4v) is 2.54. The van der Waals surface area contributed by atoms with Gasteiger partial charge in [-0.3, -0.25) is 4.79 Å². The smallest absolute Gasteiger partial charge is 0.224 e. The van der Waals surface area contributed by atoms with Crippen molar-refractivity contribution in [2.45, 2.75) is 31.8 Å². The summed E-state index contributed by atoms with van der Waals surface area (Å²) in [4.78, 5) is 14.0. The number of hydrogen-bond acceptors (Lipinski definition) is 4. The Labute approximate surface area is 123 Å². The molecule has 1 heterocycles. The standard InChI is InChI=1S/C15H22FN3O2/c1-15(21)6-8-19(10-15)7-2-3-14(20)18-11-4-5-12(16)13(17)9-11/h4-5,9,21H,2-3,6-8,10,17H2,1H3,(H,18,20). The predicted molar refractivity (Wildman–Crippen MR) is 80.4 cm³/mol. The number of carbonyl (C=O) groups is 1. The van der Waals surface area contributed by atoms with E-state index in [0.717, 1.165) is 25.9 Å². The Morgan fingerprint density at radius 1 is 1.57 bits per heavy atom. The van der Waals surface area contributed by atoms with Crippen LogP contribution in [0.4, 0.5) is 15.8 Å². The molecule has 0 aliphatic carbocycles. The van der Waals surface area contributed by atoms with E-state index in [1.54, 1.807) is 0 Å². The lowest BCUT2D eigenvalue weighted by molar-refractivity contribution is -0.116. The maximum absolute atomic E-state index is 13.0. The number of nitrogens with one attached hydrogen (secondary N) is 1. The van der Waals surface area contributed by atoms with Crippen molar-refractivity contribution >= 4 is 17.3 Å². The minimum Gasteiger partial charge on any atom is -0.396 e. The van der Waals surface area contributed by atoms with Crippen molar-refractivity contribution in [3.63, 3.8) is 0 Å². The lowest BCUT2D eigenvalue weighted by Gasteiger charge is -2.18. The van der Waals surface area contributed by atoms with Crippen LogP contribution < -0.4 is 11.1 Å². The number of anilines is 2. The second kappa shape index (κ2) is 6.41. The molecule has 0 radical (unpaired) electrons. The number of rotatable bonds is 5. The van der Waals surface area contributed by atoms with Crippen molar-refractivity contribution in [3.8, 4) is 0 Å². The maximum atomic E-state index is 13.0. The van der Waals surface area contributed by atoms with Gasteiger partial charge in [0.05, 0.1) is 11.3 Å². The molecule has 0 saturated carbocycles. The molecule has 0 spiro atoms. The molecule has 6 heteroatoms. The first-order valence-corrected chi connectivity index (χ1v) is 7.15. The number of β-amino-alcohol motifs (C(OH)–C–C–N with tert-alkyl or cyclic N) is 1. The third kappa shape index (κ3) is 4.68. The van der Waals surface area contributed by atoms with E-state index in [0.29, 0.717) is 18.7 Å². The zero-order valence-electron chi connectivity index (χ0n) is 12.2. The third-order valence-electron chi connectivity index (χ3n) is 3.69. The molecular formula is C15H22FN3O2. The molecule has 2 rings (SSSR count). The average Bonchev–Trinajstić information content (AvgIpc) is 2.73. The highest BCUT2D eigenvalue weighted by Gasteiger charge is 2.30. The second-order valence-electron chi connectivity index (χ2n) is 5.91. The Balaban J connectivity index is 1.71. The van der Waals surface area contributed by atoms with E-state index in [2.05, 4.69) is 10.2 Å². The molecule has 116 valence electrons. The lowest BCUT2D eigenvalue weighted by Crippen LogP contribution is -2.30. The van der Waals surface area contributed by atoms with Crippen molar-refractivity contribution in [1.82, 2.24) is 4.90 Å².